The molecule has 0 aromatic heterocycles. The summed E-state index contributed by atoms with van der Waals surface area (Å²) in [6, 6.07) is 11.0. The van der Waals surface area contributed by atoms with Crippen LogP contribution in [0.15, 0.2) is 47.4 Å². The van der Waals surface area contributed by atoms with Crippen molar-refractivity contribution in [2.45, 2.75) is 24.7 Å². The number of methoxy groups -OCH3 is 1. The summed E-state index contributed by atoms with van der Waals surface area (Å²) in [5.74, 6) is 0.685. The van der Waals surface area contributed by atoms with Crippen LogP contribution in [0, 0.1) is 0 Å². The van der Waals surface area contributed by atoms with Crippen LogP contribution in [0.2, 0.25) is 0 Å². The van der Waals surface area contributed by atoms with E-state index in [1.54, 1.807) is 30.3 Å². The first-order valence-electron chi connectivity index (χ1n) is 8.27. The van der Waals surface area contributed by atoms with E-state index in [4.69, 9.17) is 9.47 Å². The Hall–Kier alpha value is -2.54. The van der Waals surface area contributed by atoms with Gasteiger partial charge in [-0.25, -0.2) is 8.42 Å². The van der Waals surface area contributed by atoms with Crippen LogP contribution < -0.4 is 14.8 Å². The highest BCUT2D eigenvalue weighted by atomic mass is 32.2. The van der Waals surface area contributed by atoms with Crippen molar-refractivity contribution >= 4 is 21.4 Å². The molecule has 0 aliphatic carbocycles. The van der Waals surface area contributed by atoms with Gasteiger partial charge in [-0.05, 0) is 42.8 Å². The zero-order valence-corrected chi connectivity index (χ0v) is 15.9. The first-order chi connectivity index (χ1) is 12.3. The zero-order valence-electron chi connectivity index (χ0n) is 15.1. The average molecular weight is 377 g/mol. The standard InChI is InChI=1S/C19H23NO5S/c1-4-5-11-25-17-10-9-14(12-18(17)24-2)19(21)20-15-7-6-8-16(13-15)26(3,22)23/h6-10,12-13H,4-5,11H2,1-3H3,(H,20,21). The van der Waals surface area contributed by atoms with Gasteiger partial charge in [0.05, 0.1) is 18.6 Å². The molecule has 1 amide bonds. The second-order valence-corrected chi connectivity index (χ2v) is 7.84. The van der Waals surface area contributed by atoms with E-state index >= 15 is 0 Å². The van der Waals surface area contributed by atoms with Gasteiger partial charge in [-0.15, -0.1) is 0 Å². The van der Waals surface area contributed by atoms with E-state index in [-0.39, 0.29) is 10.8 Å². The number of carbonyl (C=O) groups excluding carboxylic acids is 1. The Labute approximate surface area is 154 Å². The minimum Gasteiger partial charge on any atom is -0.493 e. The lowest BCUT2D eigenvalue weighted by atomic mass is 10.2. The molecule has 2 aromatic rings. The molecule has 0 saturated carbocycles. The maximum absolute atomic E-state index is 12.5. The smallest absolute Gasteiger partial charge is 0.255 e. The molecule has 26 heavy (non-hydrogen) atoms. The number of carbonyl (C=O) groups is 1. The SMILES string of the molecule is CCCCOc1ccc(C(=O)Nc2cccc(S(C)(=O)=O)c2)cc1OC. The van der Waals surface area contributed by atoms with Crippen LogP contribution in [0.3, 0.4) is 0 Å². The highest BCUT2D eigenvalue weighted by Crippen LogP contribution is 2.28. The van der Waals surface area contributed by atoms with Crippen molar-refractivity contribution in [1.29, 1.82) is 0 Å². The fraction of sp³-hybridized carbons (Fsp3) is 0.316. The molecule has 0 fully saturated rings. The van der Waals surface area contributed by atoms with Gasteiger partial charge in [0, 0.05) is 17.5 Å². The molecule has 0 unspecified atom stereocenters. The first-order valence-corrected chi connectivity index (χ1v) is 10.2. The van der Waals surface area contributed by atoms with Gasteiger partial charge in [-0.1, -0.05) is 19.4 Å². The second-order valence-electron chi connectivity index (χ2n) is 5.82. The van der Waals surface area contributed by atoms with E-state index < -0.39 is 9.84 Å². The van der Waals surface area contributed by atoms with E-state index in [9.17, 15) is 13.2 Å². The molecule has 2 aromatic carbocycles. The van der Waals surface area contributed by atoms with Crippen molar-refractivity contribution in [3.05, 3.63) is 48.0 Å². The number of unbranched alkanes of at least 4 members (excludes halogenated alkanes) is 1. The van der Waals surface area contributed by atoms with Crippen molar-refractivity contribution in [3.63, 3.8) is 0 Å². The predicted octanol–water partition coefficient (Wildman–Crippen LogP) is 3.53. The van der Waals surface area contributed by atoms with E-state index in [0.717, 1.165) is 19.1 Å². The minimum absolute atomic E-state index is 0.146. The molecule has 0 aliphatic rings. The number of hydrogen-bond acceptors (Lipinski definition) is 5. The van der Waals surface area contributed by atoms with Crippen LogP contribution in [0.1, 0.15) is 30.1 Å². The summed E-state index contributed by atoms with van der Waals surface area (Å²) in [5.41, 5.74) is 0.787. The Morgan fingerprint density at radius 2 is 1.88 bits per heavy atom. The Bertz CT molecular complexity index is 877. The highest BCUT2D eigenvalue weighted by molar-refractivity contribution is 7.90. The molecule has 7 heteroatoms. The maximum Gasteiger partial charge on any atom is 0.255 e. The summed E-state index contributed by atoms with van der Waals surface area (Å²) < 4.78 is 34.2. The fourth-order valence-corrected chi connectivity index (χ4v) is 2.93. The fourth-order valence-electron chi connectivity index (χ4n) is 2.26. The zero-order chi connectivity index (χ0) is 19.2. The molecule has 0 spiro atoms. The highest BCUT2D eigenvalue weighted by Gasteiger charge is 2.13. The summed E-state index contributed by atoms with van der Waals surface area (Å²) in [6.45, 7) is 2.66. The van der Waals surface area contributed by atoms with Crippen LogP contribution in [0.5, 0.6) is 11.5 Å². The van der Waals surface area contributed by atoms with Crippen LogP contribution in [-0.2, 0) is 9.84 Å². The third-order valence-corrected chi connectivity index (χ3v) is 4.81. The van der Waals surface area contributed by atoms with Gasteiger partial charge in [0.1, 0.15) is 0 Å². The summed E-state index contributed by atoms with van der Waals surface area (Å²) in [7, 11) is -1.83. The third kappa shape index (κ3) is 5.23. The van der Waals surface area contributed by atoms with Gasteiger partial charge in [0.2, 0.25) is 0 Å². The van der Waals surface area contributed by atoms with Crippen LogP contribution in [-0.4, -0.2) is 34.3 Å². The van der Waals surface area contributed by atoms with E-state index in [0.29, 0.717) is 29.4 Å². The molecular weight excluding hydrogens is 354 g/mol. The summed E-state index contributed by atoms with van der Waals surface area (Å²) in [6.07, 6.45) is 3.08. The Morgan fingerprint density at radius 1 is 1.12 bits per heavy atom. The molecule has 0 saturated heterocycles. The number of rotatable bonds is 8. The van der Waals surface area contributed by atoms with Crippen molar-refractivity contribution in [2.24, 2.45) is 0 Å². The Balaban J connectivity index is 2.17. The van der Waals surface area contributed by atoms with Gasteiger partial charge >= 0.3 is 0 Å². The molecule has 1 N–H and O–H groups in total. The van der Waals surface area contributed by atoms with Gasteiger partial charge in [-0.2, -0.15) is 0 Å². The monoisotopic (exact) mass is 377 g/mol. The average Bonchev–Trinajstić information content (AvgIpc) is 2.61. The van der Waals surface area contributed by atoms with Gasteiger partial charge in [0.15, 0.2) is 21.3 Å². The molecule has 0 radical (unpaired) electrons. The van der Waals surface area contributed by atoms with Gasteiger partial charge in [0.25, 0.3) is 5.91 Å². The normalized spacial score (nSPS) is 11.0. The van der Waals surface area contributed by atoms with E-state index in [1.165, 1.54) is 19.2 Å². The molecule has 0 aliphatic heterocycles. The van der Waals surface area contributed by atoms with Crippen molar-refractivity contribution in [1.82, 2.24) is 0 Å². The van der Waals surface area contributed by atoms with Crippen LogP contribution in [0.25, 0.3) is 0 Å². The number of anilines is 1. The first kappa shape index (κ1) is 19.8. The predicted molar refractivity (Wildman–Crippen MR) is 101 cm³/mol. The van der Waals surface area contributed by atoms with Crippen molar-refractivity contribution in [3.8, 4) is 11.5 Å². The third-order valence-electron chi connectivity index (χ3n) is 3.70. The number of nitrogens with one attached hydrogen (secondary N) is 1. The maximum atomic E-state index is 12.5. The molecule has 0 bridgehead atoms. The van der Waals surface area contributed by atoms with E-state index in [2.05, 4.69) is 12.2 Å². The lowest BCUT2D eigenvalue weighted by Crippen LogP contribution is -2.12. The topological polar surface area (TPSA) is 81.7 Å². The molecule has 140 valence electrons. The lowest BCUT2D eigenvalue weighted by Gasteiger charge is -2.12. The number of benzene rings is 2. The van der Waals surface area contributed by atoms with Gasteiger partial charge in [-0.3, -0.25) is 4.79 Å². The number of ether oxygens (including phenoxy) is 2. The summed E-state index contributed by atoms with van der Waals surface area (Å²) >= 11 is 0. The Kier molecular flexibility index (Phi) is 6.63. The van der Waals surface area contributed by atoms with E-state index in [1.807, 2.05) is 0 Å². The molecule has 0 atom stereocenters. The quantitative estimate of drug-likeness (QED) is 0.712. The summed E-state index contributed by atoms with van der Waals surface area (Å²) in [4.78, 5) is 12.6. The van der Waals surface area contributed by atoms with Crippen LogP contribution in [0.4, 0.5) is 5.69 Å². The molecule has 6 nitrogen and oxygen atoms in total. The largest absolute Gasteiger partial charge is 0.493 e. The van der Waals surface area contributed by atoms with Crippen molar-refractivity contribution < 1.29 is 22.7 Å². The van der Waals surface area contributed by atoms with Crippen LogP contribution >= 0.6 is 0 Å². The molecular formula is C19H23NO5S. The Morgan fingerprint density at radius 3 is 2.54 bits per heavy atom. The summed E-state index contributed by atoms with van der Waals surface area (Å²) in [5, 5.41) is 2.69. The van der Waals surface area contributed by atoms with Gasteiger partial charge < -0.3 is 14.8 Å². The number of sulfone groups is 1. The minimum atomic E-state index is -3.34. The molecule has 0 heterocycles. The van der Waals surface area contributed by atoms with Crippen molar-refractivity contribution in [2.75, 3.05) is 25.3 Å². The molecule has 2 rings (SSSR count). The lowest BCUT2D eigenvalue weighted by molar-refractivity contribution is 0.102. The second kappa shape index (κ2) is 8.71. The number of hydrogen-bond donors (Lipinski definition) is 1. The number of amides is 1.